The van der Waals surface area contributed by atoms with Crippen LogP contribution in [-0.4, -0.2) is 63.6 Å². The number of anilines is 1. The lowest BCUT2D eigenvalue weighted by Crippen LogP contribution is -2.38. The summed E-state index contributed by atoms with van der Waals surface area (Å²) in [5, 5.41) is 14.1. The minimum absolute atomic E-state index is 0.0414. The number of aromatic amines is 1. The number of nitrogens with one attached hydrogen (secondary N) is 2. The number of fused-ring (bicyclic) bond motifs is 1. The Balaban J connectivity index is 1.21. The maximum absolute atomic E-state index is 13.3. The third kappa shape index (κ3) is 6.11. The summed E-state index contributed by atoms with van der Waals surface area (Å²) in [7, 11) is 3.22. The van der Waals surface area contributed by atoms with Gasteiger partial charge in [0.25, 0.3) is 5.91 Å². The predicted molar refractivity (Wildman–Crippen MR) is 185 cm³/mol. The summed E-state index contributed by atoms with van der Waals surface area (Å²) >= 11 is 0. The van der Waals surface area contributed by atoms with E-state index >= 15 is 0 Å². The van der Waals surface area contributed by atoms with Crippen molar-refractivity contribution in [1.29, 1.82) is 0 Å². The molecule has 4 atom stereocenters. The molecule has 1 fully saturated rings. The molecule has 1 amide bonds. The van der Waals surface area contributed by atoms with Crippen LogP contribution in [0.5, 0.6) is 11.5 Å². The number of aliphatic hydroxyl groups is 1. The van der Waals surface area contributed by atoms with Gasteiger partial charge in [-0.05, 0) is 53.1 Å². The molecular formula is C38H35N5O7. The fraction of sp³-hybridized carbons (Fsp3) is 0.211. The van der Waals surface area contributed by atoms with Gasteiger partial charge in [0.15, 0.2) is 11.5 Å². The molecule has 4 aromatic carbocycles. The Morgan fingerprint density at radius 3 is 2.30 bits per heavy atom. The molecule has 50 heavy (non-hydrogen) atoms. The van der Waals surface area contributed by atoms with Gasteiger partial charge < -0.3 is 34.4 Å². The third-order valence-corrected chi connectivity index (χ3v) is 8.88. The van der Waals surface area contributed by atoms with Crippen molar-refractivity contribution in [3.8, 4) is 11.5 Å². The number of carbonyl (C=O) groups is 1. The van der Waals surface area contributed by atoms with Gasteiger partial charge in [0.2, 0.25) is 0 Å². The number of aromatic nitrogens is 4. The Morgan fingerprint density at radius 2 is 1.58 bits per heavy atom. The number of nitrogens with zero attached hydrogens (tertiary/aromatic N) is 3. The number of hydrogen-bond acceptors (Lipinski definition) is 9. The molecular weight excluding hydrogens is 638 g/mol. The van der Waals surface area contributed by atoms with Gasteiger partial charge in [-0.3, -0.25) is 4.79 Å². The molecule has 6 aromatic rings. The molecule has 0 aliphatic carbocycles. The van der Waals surface area contributed by atoms with Crippen LogP contribution in [0.4, 0.5) is 5.82 Å². The summed E-state index contributed by atoms with van der Waals surface area (Å²) in [4.78, 5) is 37.5. The van der Waals surface area contributed by atoms with E-state index in [0.717, 1.165) is 16.7 Å². The van der Waals surface area contributed by atoms with Gasteiger partial charge in [-0.2, -0.15) is 0 Å². The highest BCUT2D eigenvalue weighted by Crippen LogP contribution is 2.43. The lowest BCUT2D eigenvalue weighted by molar-refractivity contribution is -0.0935. The van der Waals surface area contributed by atoms with Gasteiger partial charge in [0, 0.05) is 12.0 Å². The number of ether oxygens (including phenoxy) is 4. The van der Waals surface area contributed by atoms with E-state index < -0.39 is 35.6 Å². The number of H-pyrrole nitrogens is 1. The largest absolute Gasteiger partial charge is 0.497 e. The van der Waals surface area contributed by atoms with Crippen LogP contribution in [0.25, 0.3) is 11.2 Å². The molecule has 1 unspecified atom stereocenters. The van der Waals surface area contributed by atoms with E-state index in [9.17, 15) is 14.7 Å². The lowest BCUT2D eigenvalue weighted by Gasteiger charge is -2.37. The lowest BCUT2D eigenvalue weighted by atomic mass is 9.80. The highest BCUT2D eigenvalue weighted by molar-refractivity contribution is 6.06. The van der Waals surface area contributed by atoms with Crippen molar-refractivity contribution in [1.82, 2.24) is 19.5 Å². The fourth-order valence-corrected chi connectivity index (χ4v) is 6.39. The first-order chi connectivity index (χ1) is 24.4. The third-order valence-electron chi connectivity index (χ3n) is 8.88. The molecule has 3 N–H and O–H groups in total. The standard InChI is InChI=1S/C38H35N5O7/c1-47-28-18-16-26(17-19-28)38(25-12-7-4-8-13-25,27-14-9-15-29(20-27)48-2)49-22-31-30(44)21-32(50-31)43-35-33(41-37(43)46)34(39-23-40-35)42-36(45)24-10-5-3-6-11-24/h3-20,23,30-32,44H,21-22H2,1-2H3,(H,41,46)(H,39,40,42,45)/t30-,31+,32+,38?/m0/s1. The van der Waals surface area contributed by atoms with Crippen LogP contribution in [0.1, 0.15) is 39.7 Å². The van der Waals surface area contributed by atoms with Crippen molar-refractivity contribution in [2.45, 2.75) is 30.5 Å². The van der Waals surface area contributed by atoms with Crippen LogP contribution in [0, 0.1) is 0 Å². The summed E-state index contributed by atoms with van der Waals surface area (Å²) in [6.07, 6.45) is -1.32. The second-order valence-corrected chi connectivity index (χ2v) is 11.8. The van der Waals surface area contributed by atoms with E-state index in [-0.39, 0.29) is 30.0 Å². The number of amides is 1. The Kier molecular flexibility index (Phi) is 9.13. The average molecular weight is 674 g/mol. The molecule has 3 heterocycles. The Morgan fingerprint density at radius 1 is 0.900 bits per heavy atom. The van der Waals surface area contributed by atoms with E-state index in [1.165, 1.54) is 10.9 Å². The second-order valence-electron chi connectivity index (χ2n) is 11.8. The normalized spacial score (nSPS) is 18.4. The zero-order valence-corrected chi connectivity index (χ0v) is 27.4. The molecule has 12 nitrogen and oxygen atoms in total. The highest BCUT2D eigenvalue weighted by atomic mass is 16.6. The predicted octanol–water partition coefficient (Wildman–Crippen LogP) is 5.05. The molecule has 0 saturated carbocycles. The van der Waals surface area contributed by atoms with Crippen molar-refractivity contribution in [3.63, 3.8) is 0 Å². The summed E-state index contributed by atoms with van der Waals surface area (Å²) in [5.74, 6) is 1.09. The second kappa shape index (κ2) is 14.0. The topological polar surface area (TPSA) is 150 Å². The smallest absolute Gasteiger partial charge is 0.329 e. The van der Waals surface area contributed by atoms with E-state index in [1.807, 2.05) is 84.9 Å². The van der Waals surface area contributed by atoms with E-state index in [1.54, 1.807) is 38.5 Å². The van der Waals surface area contributed by atoms with Crippen LogP contribution in [0.3, 0.4) is 0 Å². The van der Waals surface area contributed by atoms with Crippen LogP contribution in [0.15, 0.2) is 120 Å². The van der Waals surface area contributed by atoms with Crippen LogP contribution < -0.4 is 20.5 Å². The molecule has 0 spiro atoms. The first kappa shape index (κ1) is 32.7. The minimum Gasteiger partial charge on any atom is -0.497 e. The number of imidazole rings is 1. The zero-order valence-electron chi connectivity index (χ0n) is 27.4. The van der Waals surface area contributed by atoms with E-state index in [0.29, 0.717) is 17.1 Å². The molecule has 0 bridgehead atoms. The quantitative estimate of drug-likeness (QED) is 0.161. The zero-order chi connectivity index (χ0) is 34.7. The molecule has 0 radical (unpaired) electrons. The number of methoxy groups -OCH3 is 2. The average Bonchev–Trinajstić information content (AvgIpc) is 3.71. The van der Waals surface area contributed by atoms with Crippen LogP contribution >= 0.6 is 0 Å². The van der Waals surface area contributed by atoms with Gasteiger partial charge in [0.05, 0.1) is 26.9 Å². The first-order valence-electron chi connectivity index (χ1n) is 16.0. The van der Waals surface area contributed by atoms with Crippen molar-refractivity contribution in [2.24, 2.45) is 0 Å². The van der Waals surface area contributed by atoms with Crippen molar-refractivity contribution in [3.05, 3.63) is 148 Å². The Bertz CT molecular complexity index is 2150. The highest BCUT2D eigenvalue weighted by Gasteiger charge is 2.43. The minimum atomic E-state index is -1.15. The fourth-order valence-electron chi connectivity index (χ4n) is 6.39. The van der Waals surface area contributed by atoms with Gasteiger partial charge in [-0.25, -0.2) is 19.3 Å². The van der Waals surface area contributed by atoms with E-state index in [4.69, 9.17) is 18.9 Å². The Labute approximate surface area is 287 Å². The summed E-state index contributed by atoms with van der Waals surface area (Å²) in [6.45, 7) is -0.0414. The first-order valence-corrected chi connectivity index (χ1v) is 16.0. The number of aliphatic hydroxyl groups excluding tert-OH is 1. The molecule has 1 saturated heterocycles. The van der Waals surface area contributed by atoms with Crippen LogP contribution in [-0.2, 0) is 15.1 Å². The molecule has 254 valence electrons. The maximum atomic E-state index is 13.3. The summed E-state index contributed by atoms with van der Waals surface area (Å²) in [6, 6.07) is 33.7. The van der Waals surface area contributed by atoms with Gasteiger partial charge >= 0.3 is 5.69 Å². The SMILES string of the molecule is COc1ccc(C(OC[C@H]2O[C@@H](n3c(=O)[nH]c4c(NC(=O)c5ccccc5)ncnc43)C[C@@H]2O)(c2ccccc2)c2cccc(OC)c2)cc1. The summed E-state index contributed by atoms with van der Waals surface area (Å²) in [5.41, 5.74) is 1.67. The van der Waals surface area contributed by atoms with E-state index in [2.05, 4.69) is 20.3 Å². The number of hydrogen-bond donors (Lipinski definition) is 3. The molecule has 1 aliphatic heterocycles. The van der Waals surface area contributed by atoms with Crippen molar-refractivity contribution in [2.75, 3.05) is 26.1 Å². The van der Waals surface area contributed by atoms with Crippen LogP contribution in [0.2, 0.25) is 0 Å². The summed E-state index contributed by atoms with van der Waals surface area (Å²) < 4.78 is 25.7. The maximum Gasteiger partial charge on any atom is 0.329 e. The number of rotatable bonds is 11. The van der Waals surface area contributed by atoms with Crippen molar-refractivity contribution >= 4 is 22.9 Å². The monoisotopic (exact) mass is 673 g/mol. The number of carbonyl (C=O) groups excluding carboxylic acids is 1. The molecule has 7 rings (SSSR count). The van der Waals surface area contributed by atoms with Gasteiger partial charge in [-0.1, -0.05) is 72.8 Å². The van der Waals surface area contributed by atoms with Gasteiger partial charge in [-0.15, -0.1) is 0 Å². The molecule has 12 heteroatoms. The molecule has 1 aliphatic rings. The molecule has 2 aromatic heterocycles. The Hall–Kier alpha value is -5.82. The van der Waals surface area contributed by atoms with Gasteiger partial charge in [0.1, 0.15) is 41.3 Å². The number of benzene rings is 4. The van der Waals surface area contributed by atoms with Crippen molar-refractivity contribution < 1.29 is 28.8 Å².